The summed E-state index contributed by atoms with van der Waals surface area (Å²) in [6.07, 6.45) is 6.91. The fourth-order valence-electron chi connectivity index (χ4n) is 3.53. The summed E-state index contributed by atoms with van der Waals surface area (Å²) < 4.78 is 1.57. The summed E-state index contributed by atoms with van der Waals surface area (Å²) in [5.74, 6) is -0.378. The first kappa shape index (κ1) is 19.1. The van der Waals surface area contributed by atoms with Crippen molar-refractivity contribution >= 4 is 17.5 Å². The summed E-state index contributed by atoms with van der Waals surface area (Å²) in [6, 6.07) is 7.97. The lowest BCUT2D eigenvalue weighted by atomic mass is 9.83. The predicted octanol–water partition coefficient (Wildman–Crippen LogP) is 0.990. The van der Waals surface area contributed by atoms with Crippen LogP contribution in [0.5, 0.6) is 0 Å². The molecule has 144 valence electrons. The number of carbonyl (C=O) groups excluding carboxylic acids is 2. The van der Waals surface area contributed by atoms with Gasteiger partial charge in [0.1, 0.15) is 11.7 Å². The van der Waals surface area contributed by atoms with E-state index in [2.05, 4.69) is 15.7 Å². The number of nitrogens with zero attached hydrogens (tertiary/aromatic N) is 2. The molecule has 0 aliphatic heterocycles. The van der Waals surface area contributed by atoms with Crippen molar-refractivity contribution in [3.05, 3.63) is 47.4 Å². The van der Waals surface area contributed by atoms with Crippen LogP contribution in [-0.4, -0.2) is 34.7 Å². The van der Waals surface area contributed by atoms with E-state index in [1.165, 1.54) is 6.42 Å². The van der Waals surface area contributed by atoms with Crippen molar-refractivity contribution in [3.63, 3.8) is 0 Å². The molecule has 2 aromatic rings. The molecule has 0 radical (unpaired) electrons. The number of nitrogens with two attached hydrogens (primary N) is 1. The van der Waals surface area contributed by atoms with E-state index in [0.717, 1.165) is 36.9 Å². The zero-order valence-electron chi connectivity index (χ0n) is 15.4. The standard InChI is InChI=1S/C19H25N5O3/c1-20-19(26)17(13-5-3-2-4-6-13)21-18(25)16-11-12-24(22-16)15-9-7-14(23-27)8-10-15/h7-13,17H,2-6,23H2,1H3,(H,20,26)(H,21,25)/t17-/m0/s1. The van der Waals surface area contributed by atoms with Crippen LogP contribution in [0.3, 0.4) is 0 Å². The first-order valence-electron chi connectivity index (χ1n) is 9.26. The van der Waals surface area contributed by atoms with Gasteiger partial charge in [0.2, 0.25) is 5.91 Å². The quantitative estimate of drug-likeness (QED) is 0.519. The van der Waals surface area contributed by atoms with Crippen LogP contribution in [0.4, 0.5) is 5.69 Å². The monoisotopic (exact) mass is 371 g/mol. The molecule has 1 aromatic carbocycles. The minimum Gasteiger partial charge on any atom is -0.630 e. The number of benzene rings is 1. The van der Waals surface area contributed by atoms with Crippen molar-refractivity contribution in [2.45, 2.75) is 38.1 Å². The second kappa shape index (κ2) is 8.79. The van der Waals surface area contributed by atoms with E-state index in [-0.39, 0.29) is 23.4 Å². The molecule has 1 heterocycles. The molecule has 0 unspecified atom stereocenters. The summed E-state index contributed by atoms with van der Waals surface area (Å²) in [5, 5.41) is 20.6. The summed E-state index contributed by atoms with van der Waals surface area (Å²) in [5.41, 5.74) is 2.34. The van der Waals surface area contributed by atoms with Crippen molar-refractivity contribution in [2.75, 3.05) is 7.05 Å². The number of hydrogen-bond acceptors (Lipinski definition) is 4. The van der Waals surface area contributed by atoms with E-state index < -0.39 is 6.04 Å². The Morgan fingerprint density at radius 1 is 1.19 bits per heavy atom. The summed E-state index contributed by atoms with van der Waals surface area (Å²) in [7, 11) is 1.59. The van der Waals surface area contributed by atoms with Crippen LogP contribution >= 0.6 is 0 Å². The third-order valence-electron chi connectivity index (χ3n) is 5.05. The molecule has 1 saturated carbocycles. The fraction of sp³-hybridized carbons (Fsp3) is 0.421. The van der Waals surface area contributed by atoms with Gasteiger partial charge in [-0.3, -0.25) is 9.59 Å². The van der Waals surface area contributed by atoms with Gasteiger partial charge in [-0.25, -0.2) is 4.68 Å². The van der Waals surface area contributed by atoms with Gasteiger partial charge in [0, 0.05) is 25.4 Å². The predicted molar refractivity (Wildman–Crippen MR) is 100 cm³/mol. The van der Waals surface area contributed by atoms with Gasteiger partial charge in [-0.05, 0) is 37.0 Å². The highest BCUT2D eigenvalue weighted by molar-refractivity contribution is 5.96. The molecule has 1 aliphatic carbocycles. The Morgan fingerprint density at radius 2 is 1.89 bits per heavy atom. The van der Waals surface area contributed by atoms with E-state index >= 15 is 0 Å². The lowest BCUT2D eigenvalue weighted by Gasteiger charge is -2.29. The van der Waals surface area contributed by atoms with Crippen molar-refractivity contribution < 1.29 is 15.1 Å². The average molecular weight is 371 g/mol. The molecule has 0 spiro atoms. The maximum absolute atomic E-state index is 12.6. The first-order valence-corrected chi connectivity index (χ1v) is 9.26. The highest BCUT2D eigenvalue weighted by Crippen LogP contribution is 2.26. The Bertz CT molecular complexity index is 781. The van der Waals surface area contributed by atoms with Gasteiger partial charge in [-0.2, -0.15) is 5.10 Å². The second-order valence-electron chi connectivity index (χ2n) is 6.82. The highest BCUT2D eigenvalue weighted by atomic mass is 16.5. The molecule has 1 fully saturated rings. The highest BCUT2D eigenvalue weighted by Gasteiger charge is 2.31. The zero-order chi connectivity index (χ0) is 19.2. The van der Waals surface area contributed by atoms with Crippen molar-refractivity contribution in [3.8, 4) is 5.69 Å². The Labute approximate surface area is 157 Å². The number of hydrogen-bond donors (Lipinski definition) is 3. The van der Waals surface area contributed by atoms with E-state index in [1.54, 1.807) is 48.3 Å². The smallest absolute Gasteiger partial charge is 0.272 e. The number of nitrogens with one attached hydrogen (secondary N) is 2. The van der Waals surface area contributed by atoms with E-state index in [4.69, 9.17) is 0 Å². The van der Waals surface area contributed by atoms with Crippen molar-refractivity contribution in [1.29, 1.82) is 0 Å². The fourth-order valence-corrected chi connectivity index (χ4v) is 3.53. The van der Waals surface area contributed by atoms with Gasteiger partial charge in [-0.1, -0.05) is 19.3 Å². The average Bonchev–Trinajstić information content (AvgIpc) is 3.22. The third kappa shape index (κ3) is 4.53. The van der Waals surface area contributed by atoms with E-state index in [9.17, 15) is 14.8 Å². The van der Waals surface area contributed by atoms with Crippen LogP contribution in [0.1, 0.15) is 42.6 Å². The largest absolute Gasteiger partial charge is 0.630 e. The Hall–Kier alpha value is -2.71. The molecule has 27 heavy (non-hydrogen) atoms. The molecule has 1 aliphatic rings. The third-order valence-corrected chi connectivity index (χ3v) is 5.05. The minimum absolute atomic E-state index is 0.153. The van der Waals surface area contributed by atoms with Crippen LogP contribution in [0, 0.1) is 11.1 Å². The lowest BCUT2D eigenvalue weighted by molar-refractivity contribution is -0.497. The molecule has 3 rings (SSSR count). The number of carbonyl (C=O) groups is 2. The van der Waals surface area contributed by atoms with Gasteiger partial charge < -0.3 is 21.3 Å². The molecule has 1 aromatic heterocycles. The van der Waals surface area contributed by atoms with Crippen LogP contribution in [0.15, 0.2) is 36.5 Å². The molecule has 8 nitrogen and oxygen atoms in total. The van der Waals surface area contributed by atoms with Gasteiger partial charge in [0.05, 0.1) is 5.69 Å². The molecular formula is C19H25N5O3. The first-order chi connectivity index (χ1) is 13.1. The molecule has 0 bridgehead atoms. The number of quaternary nitrogens is 1. The molecular weight excluding hydrogens is 346 g/mol. The SMILES string of the molecule is CNC(=O)[C@@H](NC(=O)c1ccn(-c2ccc([NH2+][O-])cc2)n1)C1CCCCC1. The van der Waals surface area contributed by atoms with Crippen LogP contribution in [0.25, 0.3) is 5.69 Å². The summed E-state index contributed by atoms with van der Waals surface area (Å²) in [6.45, 7) is 0. The van der Waals surface area contributed by atoms with Gasteiger partial charge in [0.25, 0.3) is 5.91 Å². The zero-order valence-corrected chi connectivity index (χ0v) is 15.4. The summed E-state index contributed by atoms with van der Waals surface area (Å²) >= 11 is 0. The maximum atomic E-state index is 12.6. The molecule has 0 saturated heterocycles. The Morgan fingerprint density at radius 3 is 2.52 bits per heavy atom. The van der Waals surface area contributed by atoms with Gasteiger partial charge in [-0.15, -0.1) is 0 Å². The number of amides is 2. The number of aromatic nitrogens is 2. The molecule has 4 N–H and O–H groups in total. The Balaban J connectivity index is 1.72. The topological polar surface area (TPSA) is 116 Å². The maximum Gasteiger partial charge on any atom is 0.272 e. The van der Waals surface area contributed by atoms with E-state index in [0.29, 0.717) is 5.69 Å². The lowest BCUT2D eigenvalue weighted by Crippen LogP contribution is -2.70. The van der Waals surface area contributed by atoms with Crippen molar-refractivity contribution in [2.24, 2.45) is 5.92 Å². The van der Waals surface area contributed by atoms with Crippen LogP contribution in [-0.2, 0) is 4.79 Å². The number of likely N-dealkylation sites (N-methyl/N-ethyl adjacent to an activating group) is 1. The molecule has 2 amide bonds. The van der Waals surface area contributed by atoms with E-state index in [1.807, 2.05) is 0 Å². The van der Waals surface area contributed by atoms with Gasteiger partial charge >= 0.3 is 0 Å². The normalized spacial score (nSPS) is 15.9. The Kier molecular flexibility index (Phi) is 6.20. The van der Waals surface area contributed by atoms with Crippen LogP contribution < -0.4 is 16.1 Å². The van der Waals surface area contributed by atoms with Crippen molar-refractivity contribution in [1.82, 2.24) is 20.4 Å². The number of rotatable bonds is 6. The second-order valence-corrected chi connectivity index (χ2v) is 6.82. The molecule has 1 atom stereocenters. The molecule has 8 heteroatoms. The summed E-state index contributed by atoms with van der Waals surface area (Å²) in [4.78, 5) is 24.9. The van der Waals surface area contributed by atoms with Crippen LogP contribution in [0.2, 0.25) is 0 Å². The minimum atomic E-state index is -0.542. The van der Waals surface area contributed by atoms with Gasteiger partial charge in [0.15, 0.2) is 5.69 Å².